The lowest BCUT2D eigenvalue weighted by molar-refractivity contribution is 0.336. The Morgan fingerprint density at radius 1 is 1.25 bits per heavy atom. The smallest absolute Gasteiger partial charge is 0.191 e. The minimum Gasteiger partial charge on any atom is -0.494 e. The predicted molar refractivity (Wildman–Crippen MR) is 101 cm³/mol. The first-order chi connectivity index (χ1) is 11.7. The molecule has 0 fully saturated rings. The number of nitrogens with one attached hydrogen (secondary N) is 2. The van der Waals surface area contributed by atoms with Gasteiger partial charge in [-0.2, -0.15) is 0 Å². The molecule has 0 aliphatic rings. The Hall–Kier alpha value is -2.08. The molecule has 2 aromatic rings. The Bertz CT molecular complexity index is 681. The summed E-state index contributed by atoms with van der Waals surface area (Å²) in [5, 5.41) is 7.70. The van der Waals surface area contributed by atoms with Gasteiger partial charge < -0.3 is 15.4 Å². The fraction of sp³-hybridized carbons (Fsp3) is 0.444. The van der Waals surface area contributed by atoms with Crippen LogP contribution in [0.4, 0.5) is 0 Å². The summed E-state index contributed by atoms with van der Waals surface area (Å²) in [7, 11) is 1.77. The van der Waals surface area contributed by atoms with Gasteiger partial charge in [-0.3, -0.25) is 4.99 Å². The molecule has 1 heterocycles. The minimum atomic E-state index is 0.660. The number of guanidine groups is 1. The second-order valence-electron chi connectivity index (χ2n) is 5.40. The number of nitrogens with zero attached hydrogens (tertiary/aromatic N) is 2. The van der Waals surface area contributed by atoms with Crippen LogP contribution in [0.15, 0.2) is 29.4 Å². The van der Waals surface area contributed by atoms with Gasteiger partial charge in [-0.05, 0) is 31.9 Å². The zero-order chi connectivity index (χ0) is 17.4. The third kappa shape index (κ3) is 5.23. The summed E-state index contributed by atoms with van der Waals surface area (Å²) < 4.78 is 5.72. The fourth-order valence-electron chi connectivity index (χ4n) is 2.25. The largest absolute Gasteiger partial charge is 0.494 e. The van der Waals surface area contributed by atoms with Gasteiger partial charge in [-0.15, -0.1) is 11.3 Å². The summed E-state index contributed by atoms with van der Waals surface area (Å²) in [6.45, 7) is 8.21. The Labute approximate surface area is 148 Å². The number of aromatic nitrogens is 1. The van der Waals surface area contributed by atoms with Crippen LogP contribution in [0.5, 0.6) is 5.75 Å². The van der Waals surface area contributed by atoms with E-state index in [2.05, 4.69) is 52.7 Å². The van der Waals surface area contributed by atoms with Crippen molar-refractivity contribution in [3.8, 4) is 5.75 Å². The Morgan fingerprint density at radius 3 is 2.71 bits per heavy atom. The highest BCUT2D eigenvalue weighted by atomic mass is 32.1. The van der Waals surface area contributed by atoms with Crippen molar-refractivity contribution in [2.75, 3.05) is 13.7 Å². The van der Waals surface area contributed by atoms with Crippen LogP contribution >= 0.6 is 11.3 Å². The van der Waals surface area contributed by atoms with Gasteiger partial charge >= 0.3 is 0 Å². The average molecular weight is 347 g/mol. The van der Waals surface area contributed by atoms with Gasteiger partial charge in [-0.1, -0.05) is 19.1 Å². The molecule has 0 unspecified atom stereocenters. The van der Waals surface area contributed by atoms with Gasteiger partial charge in [0.2, 0.25) is 0 Å². The highest BCUT2D eigenvalue weighted by molar-refractivity contribution is 7.11. The molecule has 0 spiro atoms. The van der Waals surface area contributed by atoms with E-state index in [9.17, 15) is 0 Å². The van der Waals surface area contributed by atoms with Crippen LogP contribution in [0, 0.1) is 6.92 Å². The summed E-state index contributed by atoms with van der Waals surface area (Å²) in [6, 6.07) is 6.26. The third-order valence-corrected chi connectivity index (χ3v) is 4.69. The molecule has 0 amide bonds. The van der Waals surface area contributed by atoms with Crippen molar-refractivity contribution in [2.24, 2.45) is 4.99 Å². The van der Waals surface area contributed by atoms with E-state index in [0.717, 1.165) is 28.7 Å². The van der Waals surface area contributed by atoms with Crippen LogP contribution in [0.25, 0.3) is 0 Å². The Kier molecular flexibility index (Phi) is 7.06. The van der Waals surface area contributed by atoms with E-state index in [4.69, 9.17) is 4.74 Å². The van der Waals surface area contributed by atoms with Crippen LogP contribution in [0.3, 0.4) is 0 Å². The van der Waals surface area contributed by atoms with E-state index < -0.39 is 0 Å². The highest BCUT2D eigenvalue weighted by Crippen LogP contribution is 2.20. The number of aryl methyl sites for hydroxylation is 2. The van der Waals surface area contributed by atoms with Gasteiger partial charge in [-0.25, -0.2) is 4.98 Å². The number of rotatable bonds is 7. The molecule has 0 atom stereocenters. The second kappa shape index (κ2) is 9.27. The second-order valence-corrected chi connectivity index (χ2v) is 6.60. The molecule has 1 aromatic heterocycles. The van der Waals surface area contributed by atoms with Crippen molar-refractivity contribution in [3.63, 3.8) is 0 Å². The molecule has 5 nitrogen and oxygen atoms in total. The number of benzene rings is 1. The maximum absolute atomic E-state index is 5.72. The molecule has 0 saturated heterocycles. The van der Waals surface area contributed by atoms with Crippen molar-refractivity contribution in [2.45, 2.75) is 40.3 Å². The maximum Gasteiger partial charge on any atom is 0.191 e. The van der Waals surface area contributed by atoms with Crippen LogP contribution < -0.4 is 15.4 Å². The first-order valence-corrected chi connectivity index (χ1v) is 9.08. The highest BCUT2D eigenvalue weighted by Gasteiger charge is 2.06. The SMILES string of the molecule is CCOc1cc(C)ccc1CNC(=NC)NCc1ncc(CC)s1. The van der Waals surface area contributed by atoms with E-state index in [-0.39, 0.29) is 0 Å². The standard InChI is InChI=1S/C18H26N4OS/c1-5-15-11-20-17(24-15)12-22-18(19-4)21-10-14-8-7-13(3)9-16(14)23-6-2/h7-9,11H,5-6,10,12H2,1-4H3,(H2,19,21,22). The summed E-state index contributed by atoms with van der Waals surface area (Å²) in [4.78, 5) is 9.98. The van der Waals surface area contributed by atoms with Crippen molar-refractivity contribution >= 4 is 17.3 Å². The van der Waals surface area contributed by atoms with Gasteiger partial charge in [0.25, 0.3) is 0 Å². The number of ether oxygens (including phenoxy) is 1. The summed E-state index contributed by atoms with van der Waals surface area (Å²) in [5.74, 6) is 1.68. The van der Waals surface area contributed by atoms with E-state index in [0.29, 0.717) is 19.7 Å². The van der Waals surface area contributed by atoms with Gasteiger partial charge in [0.05, 0.1) is 13.2 Å². The number of hydrogen-bond donors (Lipinski definition) is 2. The van der Waals surface area contributed by atoms with Crippen molar-refractivity contribution < 1.29 is 4.74 Å². The molecular formula is C18H26N4OS. The quantitative estimate of drug-likeness (QED) is 0.597. The van der Waals surface area contributed by atoms with Crippen molar-refractivity contribution in [3.05, 3.63) is 45.4 Å². The Morgan fingerprint density at radius 2 is 2.04 bits per heavy atom. The van der Waals surface area contributed by atoms with E-state index in [1.54, 1.807) is 18.4 Å². The number of aliphatic imine (C=N–C) groups is 1. The molecule has 0 saturated carbocycles. The van der Waals surface area contributed by atoms with Gasteiger partial charge in [0.15, 0.2) is 5.96 Å². The van der Waals surface area contributed by atoms with Crippen molar-refractivity contribution in [1.29, 1.82) is 0 Å². The van der Waals surface area contributed by atoms with Crippen molar-refractivity contribution in [1.82, 2.24) is 15.6 Å². The lowest BCUT2D eigenvalue weighted by Crippen LogP contribution is -2.36. The lowest BCUT2D eigenvalue weighted by Gasteiger charge is -2.14. The number of thiazole rings is 1. The molecule has 0 radical (unpaired) electrons. The summed E-state index contributed by atoms with van der Waals surface area (Å²) >= 11 is 1.73. The van der Waals surface area contributed by atoms with E-state index >= 15 is 0 Å². The first-order valence-electron chi connectivity index (χ1n) is 8.26. The first kappa shape index (κ1) is 18.3. The summed E-state index contributed by atoms with van der Waals surface area (Å²) in [5.41, 5.74) is 2.31. The van der Waals surface area contributed by atoms with Crippen LogP contribution in [-0.2, 0) is 19.5 Å². The lowest BCUT2D eigenvalue weighted by atomic mass is 10.1. The normalized spacial score (nSPS) is 11.4. The van der Waals surface area contributed by atoms with E-state index in [1.165, 1.54) is 10.4 Å². The molecule has 2 N–H and O–H groups in total. The molecule has 24 heavy (non-hydrogen) atoms. The third-order valence-electron chi connectivity index (χ3n) is 3.55. The van der Waals surface area contributed by atoms with Gasteiger partial charge in [0, 0.05) is 30.2 Å². The monoisotopic (exact) mass is 346 g/mol. The predicted octanol–water partition coefficient (Wildman–Crippen LogP) is 3.28. The summed E-state index contributed by atoms with van der Waals surface area (Å²) in [6.07, 6.45) is 2.97. The molecule has 0 bridgehead atoms. The van der Waals surface area contributed by atoms with Crippen LogP contribution in [0.1, 0.15) is 34.9 Å². The zero-order valence-electron chi connectivity index (χ0n) is 14.8. The molecule has 130 valence electrons. The zero-order valence-corrected chi connectivity index (χ0v) is 15.7. The maximum atomic E-state index is 5.72. The molecule has 0 aliphatic carbocycles. The minimum absolute atomic E-state index is 0.660. The van der Waals surface area contributed by atoms with E-state index in [1.807, 2.05) is 13.1 Å². The molecule has 2 rings (SSSR count). The molecular weight excluding hydrogens is 320 g/mol. The van der Waals surface area contributed by atoms with Crippen LogP contribution in [0.2, 0.25) is 0 Å². The average Bonchev–Trinajstić information content (AvgIpc) is 3.05. The van der Waals surface area contributed by atoms with Gasteiger partial charge in [0.1, 0.15) is 10.8 Å². The Balaban J connectivity index is 1.91. The molecule has 0 aliphatic heterocycles. The molecule has 6 heteroatoms. The fourth-order valence-corrected chi connectivity index (χ4v) is 3.05. The molecule has 1 aromatic carbocycles. The topological polar surface area (TPSA) is 58.5 Å². The van der Waals surface area contributed by atoms with Crippen LogP contribution in [-0.4, -0.2) is 24.6 Å². The number of hydrogen-bond acceptors (Lipinski definition) is 4.